The van der Waals surface area contributed by atoms with Crippen LogP contribution in [0.2, 0.25) is 0 Å². The Morgan fingerprint density at radius 1 is 1.12 bits per heavy atom. The summed E-state index contributed by atoms with van der Waals surface area (Å²) >= 11 is 0. The van der Waals surface area contributed by atoms with Gasteiger partial charge >= 0.3 is 0 Å². The molecule has 0 radical (unpaired) electrons. The fourth-order valence-electron chi connectivity index (χ4n) is 2.81. The monoisotopic (exact) mass is 356 g/mol. The maximum atomic E-state index is 12.1. The molecule has 130 valence electrons. The average molecular weight is 356 g/mol. The number of aromatic amines is 1. The number of aryl methyl sites for hydroxylation is 1. The molecule has 0 saturated heterocycles. The van der Waals surface area contributed by atoms with Crippen LogP contribution in [0.15, 0.2) is 59.6 Å². The number of carbonyl (C=O) groups excluding carboxylic acids is 1. The summed E-state index contributed by atoms with van der Waals surface area (Å²) in [5.74, 6) is -0.120. The number of benzene rings is 2. The summed E-state index contributed by atoms with van der Waals surface area (Å²) in [6, 6.07) is 14.4. The molecule has 6 heteroatoms. The van der Waals surface area contributed by atoms with Crippen molar-refractivity contribution in [2.45, 2.75) is 24.2 Å². The first kappa shape index (κ1) is 17.2. The number of fused-ring (bicyclic) bond motifs is 1. The van der Waals surface area contributed by atoms with Crippen molar-refractivity contribution in [1.29, 1.82) is 0 Å². The third-order valence-electron chi connectivity index (χ3n) is 4.07. The smallest absolute Gasteiger partial charge is 0.224 e. The molecule has 3 rings (SSSR count). The molecule has 1 heterocycles. The van der Waals surface area contributed by atoms with Crippen molar-refractivity contribution in [2.24, 2.45) is 0 Å². The largest absolute Gasteiger partial charge is 0.361 e. The minimum atomic E-state index is -3.28. The van der Waals surface area contributed by atoms with Gasteiger partial charge in [0.2, 0.25) is 5.91 Å². The number of hydrogen-bond donors (Lipinski definition) is 2. The third-order valence-corrected chi connectivity index (χ3v) is 5.18. The first-order valence-electron chi connectivity index (χ1n) is 8.08. The number of para-hydroxylation sites is 1. The van der Waals surface area contributed by atoms with E-state index in [1.807, 2.05) is 24.4 Å². The summed E-state index contributed by atoms with van der Waals surface area (Å²) < 4.78 is 23.1. The maximum Gasteiger partial charge on any atom is 0.224 e. The lowest BCUT2D eigenvalue weighted by Crippen LogP contribution is -2.12. The van der Waals surface area contributed by atoms with Gasteiger partial charge in [0.25, 0.3) is 0 Å². The van der Waals surface area contributed by atoms with E-state index >= 15 is 0 Å². The summed E-state index contributed by atoms with van der Waals surface area (Å²) in [6.07, 6.45) is 5.04. The molecule has 1 amide bonds. The fourth-order valence-corrected chi connectivity index (χ4v) is 3.47. The van der Waals surface area contributed by atoms with Gasteiger partial charge in [-0.3, -0.25) is 4.79 Å². The molecular weight excluding hydrogens is 336 g/mol. The van der Waals surface area contributed by atoms with E-state index < -0.39 is 9.84 Å². The molecular formula is C19H20N2O3S. The zero-order valence-electron chi connectivity index (χ0n) is 14.0. The summed E-state index contributed by atoms with van der Waals surface area (Å²) in [5, 5.41) is 3.94. The van der Waals surface area contributed by atoms with E-state index in [2.05, 4.69) is 16.4 Å². The third kappa shape index (κ3) is 4.28. The molecule has 0 aliphatic carbocycles. The van der Waals surface area contributed by atoms with Crippen LogP contribution in [0.1, 0.15) is 18.4 Å². The summed E-state index contributed by atoms with van der Waals surface area (Å²) in [7, 11) is -3.28. The van der Waals surface area contributed by atoms with Gasteiger partial charge in [-0.25, -0.2) is 8.42 Å². The van der Waals surface area contributed by atoms with Gasteiger partial charge in [-0.15, -0.1) is 0 Å². The van der Waals surface area contributed by atoms with Gasteiger partial charge in [-0.1, -0.05) is 24.3 Å². The molecule has 0 bridgehead atoms. The first-order chi connectivity index (χ1) is 11.9. The molecule has 2 aromatic carbocycles. The molecule has 0 saturated carbocycles. The molecule has 0 unspecified atom stereocenters. The molecule has 0 aliphatic heterocycles. The molecule has 0 atom stereocenters. The summed E-state index contributed by atoms with van der Waals surface area (Å²) in [4.78, 5) is 15.5. The molecule has 0 fully saturated rings. The standard InChI is InChI=1S/C19H20N2O3S/c1-25(23,24)16-8-5-7-15(12-16)21-19(22)11-4-6-14-13-20-18-10-3-2-9-17(14)18/h2-3,5,7-10,12-13,20H,4,6,11H2,1H3,(H,21,22). The Hall–Kier alpha value is -2.60. The van der Waals surface area contributed by atoms with Crippen LogP contribution in [0.3, 0.4) is 0 Å². The highest BCUT2D eigenvalue weighted by molar-refractivity contribution is 7.90. The van der Waals surface area contributed by atoms with E-state index in [9.17, 15) is 13.2 Å². The second-order valence-corrected chi connectivity index (χ2v) is 8.08. The number of anilines is 1. The lowest BCUT2D eigenvalue weighted by atomic mass is 10.1. The van der Waals surface area contributed by atoms with Crippen molar-refractivity contribution < 1.29 is 13.2 Å². The van der Waals surface area contributed by atoms with Gasteiger partial charge in [0.15, 0.2) is 9.84 Å². The quantitative estimate of drug-likeness (QED) is 0.709. The van der Waals surface area contributed by atoms with Crippen LogP contribution in [-0.4, -0.2) is 25.6 Å². The van der Waals surface area contributed by atoms with Crippen molar-refractivity contribution in [2.75, 3.05) is 11.6 Å². The highest BCUT2D eigenvalue weighted by Crippen LogP contribution is 2.20. The molecule has 0 spiro atoms. The Morgan fingerprint density at radius 3 is 2.72 bits per heavy atom. The van der Waals surface area contributed by atoms with Crippen LogP contribution in [-0.2, 0) is 21.1 Å². The van der Waals surface area contributed by atoms with Crippen molar-refractivity contribution >= 4 is 32.3 Å². The van der Waals surface area contributed by atoms with E-state index in [-0.39, 0.29) is 10.8 Å². The van der Waals surface area contributed by atoms with E-state index in [4.69, 9.17) is 0 Å². The van der Waals surface area contributed by atoms with Crippen LogP contribution >= 0.6 is 0 Å². The zero-order valence-corrected chi connectivity index (χ0v) is 14.8. The highest BCUT2D eigenvalue weighted by atomic mass is 32.2. The number of sulfone groups is 1. The topological polar surface area (TPSA) is 79.0 Å². The second-order valence-electron chi connectivity index (χ2n) is 6.06. The fraction of sp³-hybridized carbons (Fsp3) is 0.211. The second kappa shape index (κ2) is 7.11. The lowest BCUT2D eigenvalue weighted by molar-refractivity contribution is -0.116. The molecule has 5 nitrogen and oxygen atoms in total. The van der Waals surface area contributed by atoms with Crippen LogP contribution in [0.4, 0.5) is 5.69 Å². The van der Waals surface area contributed by atoms with Crippen LogP contribution in [0, 0.1) is 0 Å². The summed E-state index contributed by atoms with van der Waals surface area (Å²) in [5.41, 5.74) is 2.79. The Morgan fingerprint density at radius 2 is 1.92 bits per heavy atom. The molecule has 1 aromatic heterocycles. The Balaban J connectivity index is 1.57. The van der Waals surface area contributed by atoms with Crippen LogP contribution < -0.4 is 5.32 Å². The van der Waals surface area contributed by atoms with Crippen LogP contribution in [0.25, 0.3) is 10.9 Å². The number of H-pyrrole nitrogens is 1. The highest BCUT2D eigenvalue weighted by Gasteiger charge is 2.09. The predicted octanol–water partition coefficient (Wildman–Crippen LogP) is 3.53. The van der Waals surface area contributed by atoms with Gasteiger partial charge in [0.05, 0.1) is 4.90 Å². The van der Waals surface area contributed by atoms with E-state index in [1.165, 1.54) is 23.1 Å². The zero-order chi connectivity index (χ0) is 17.9. The minimum Gasteiger partial charge on any atom is -0.361 e. The number of hydrogen-bond acceptors (Lipinski definition) is 3. The lowest BCUT2D eigenvalue weighted by Gasteiger charge is -2.07. The molecule has 2 N–H and O–H groups in total. The normalized spacial score (nSPS) is 11.6. The number of carbonyl (C=O) groups is 1. The van der Waals surface area contributed by atoms with Gasteiger partial charge in [-0.05, 0) is 42.7 Å². The number of rotatable bonds is 6. The Labute approximate surface area is 147 Å². The molecule has 3 aromatic rings. The Bertz CT molecular complexity index is 1010. The van der Waals surface area contributed by atoms with Gasteiger partial charge in [0.1, 0.15) is 0 Å². The number of aromatic nitrogens is 1. The molecule has 0 aliphatic rings. The van der Waals surface area contributed by atoms with Crippen molar-refractivity contribution in [3.05, 3.63) is 60.3 Å². The van der Waals surface area contributed by atoms with Gasteiger partial charge in [0, 0.05) is 35.5 Å². The van der Waals surface area contributed by atoms with E-state index in [0.717, 1.165) is 24.6 Å². The number of amides is 1. The average Bonchev–Trinajstić information content (AvgIpc) is 2.98. The first-order valence-corrected chi connectivity index (χ1v) is 9.97. The van der Waals surface area contributed by atoms with Gasteiger partial charge in [-0.2, -0.15) is 0 Å². The minimum absolute atomic E-state index is 0.120. The Kier molecular flexibility index (Phi) is 4.90. The van der Waals surface area contributed by atoms with Gasteiger partial charge < -0.3 is 10.3 Å². The van der Waals surface area contributed by atoms with E-state index in [0.29, 0.717) is 12.1 Å². The van der Waals surface area contributed by atoms with Crippen molar-refractivity contribution in [1.82, 2.24) is 4.98 Å². The number of nitrogens with one attached hydrogen (secondary N) is 2. The van der Waals surface area contributed by atoms with Crippen molar-refractivity contribution in [3.63, 3.8) is 0 Å². The summed E-state index contributed by atoms with van der Waals surface area (Å²) in [6.45, 7) is 0. The maximum absolute atomic E-state index is 12.1. The predicted molar refractivity (Wildman–Crippen MR) is 99.4 cm³/mol. The molecule has 25 heavy (non-hydrogen) atoms. The van der Waals surface area contributed by atoms with Crippen molar-refractivity contribution in [3.8, 4) is 0 Å². The van der Waals surface area contributed by atoms with Crippen LogP contribution in [0.5, 0.6) is 0 Å². The SMILES string of the molecule is CS(=O)(=O)c1cccc(NC(=O)CCCc2c[nH]c3ccccc23)c1. The van der Waals surface area contributed by atoms with E-state index in [1.54, 1.807) is 12.1 Å².